The molecular weight excluding hydrogens is 308 g/mol. The van der Waals surface area contributed by atoms with Crippen molar-refractivity contribution in [2.75, 3.05) is 6.54 Å². The molecule has 3 rings (SSSR count). The summed E-state index contributed by atoms with van der Waals surface area (Å²) in [4.78, 5) is 20.8. The molecule has 0 spiro atoms. The van der Waals surface area contributed by atoms with Crippen LogP contribution in [0, 0.1) is 0 Å². The van der Waals surface area contributed by atoms with Crippen LogP contribution in [0.15, 0.2) is 36.5 Å². The lowest BCUT2D eigenvalue weighted by molar-refractivity contribution is -0.143. The monoisotopic (exact) mass is 330 g/mol. The van der Waals surface area contributed by atoms with Crippen LogP contribution in [0.4, 0.5) is 0 Å². The van der Waals surface area contributed by atoms with Crippen molar-refractivity contribution in [2.24, 2.45) is 0 Å². The first-order valence-corrected chi connectivity index (χ1v) is 8.97. The lowest BCUT2D eigenvalue weighted by atomic mass is 10.1. The Labute approximate surface area is 140 Å². The zero-order valence-corrected chi connectivity index (χ0v) is 14.1. The molecule has 1 saturated heterocycles. The molecule has 0 saturated carbocycles. The highest BCUT2D eigenvalue weighted by molar-refractivity contribution is 7.12. The van der Waals surface area contributed by atoms with Crippen molar-refractivity contribution in [1.82, 2.24) is 9.88 Å². The van der Waals surface area contributed by atoms with Crippen molar-refractivity contribution in [2.45, 2.75) is 44.7 Å². The summed E-state index contributed by atoms with van der Waals surface area (Å²) in [6, 6.07) is 9.96. The number of hydrogen-bond acceptors (Lipinski definition) is 4. The van der Waals surface area contributed by atoms with Gasteiger partial charge in [0.05, 0.1) is 6.04 Å². The van der Waals surface area contributed by atoms with Crippen molar-refractivity contribution in [3.63, 3.8) is 0 Å². The third-order valence-corrected chi connectivity index (χ3v) is 5.80. The summed E-state index contributed by atoms with van der Waals surface area (Å²) in [5.74, 6) is -0.708. The second-order valence-electron chi connectivity index (χ2n) is 5.93. The molecule has 5 heteroatoms. The minimum Gasteiger partial charge on any atom is -0.480 e. The van der Waals surface area contributed by atoms with Gasteiger partial charge in [-0.2, -0.15) is 0 Å². The lowest BCUT2D eigenvalue weighted by Gasteiger charge is -2.30. The predicted molar refractivity (Wildman–Crippen MR) is 91.7 cm³/mol. The molecule has 1 fully saturated rings. The first kappa shape index (κ1) is 16.1. The summed E-state index contributed by atoms with van der Waals surface area (Å²) in [5, 5.41) is 9.54. The van der Waals surface area contributed by atoms with E-state index in [1.165, 1.54) is 9.75 Å². The molecule has 23 heavy (non-hydrogen) atoms. The number of rotatable bonds is 6. The molecule has 4 nitrogen and oxygen atoms in total. The van der Waals surface area contributed by atoms with E-state index in [1.807, 2.05) is 18.2 Å². The molecule has 0 amide bonds. The number of pyridine rings is 1. The standard InChI is InChI=1S/C18H22N2O2S/c1-2-14-8-9-17(23-14)16(12-13-6-3-4-10-19-13)20-11-5-7-15(20)18(21)22/h3-4,6,8-10,15-16H,2,5,7,11-12H2,1H3,(H,21,22). The van der Waals surface area contributed by atoms with E-state index in [0.29, 0.717) is 0 Å². The van der Waals surface area contributed by atoms with Crippen molar-refractivity contribution >= 4 is 17.3 Å². The molecule has 122 valence electrons. The molecule has 0 radical (unpaired) electrons. The van der Waals surface area contributed by atoms with Gasteiger partial charge < -0.3 is 5.11 Å². The molecule has 1 N–H and O–H groups in total. The molecule has 2 atom stereocenters. The van der Waals surface area contributed by atoms with Gasteiger partial charge in [0.15, 0.2) is 0 Å². The Bertz CT molecular complexity index is 656. The van der Waals surface area contributed by atoms with E-state index in [9.17, 15) is 9.90 Å². The topological polar surface area (TPSA) is 53.4 Å². The van der Waals surface area contributed by atoms with E-state index in [0.717, 1.165) is 37.9 Å². The van der Waals surface area contributed by atoms with E-state index in [-0.39, 0.29) is 12.1 Å². The zero-order chi connectivity index (χ0) is 16.2. The van der Waals surface area contributed by atoms with Crippen molar-refractivity contribution < 1.29 is 9.90 Å². The third-order valence-electron chi connectivity index (χ3n) is 4.47. The van der Waals surface area contributed by atoms with Crippen LogP contribution in [-0.2, 0) is 17.6 Å². The van der Waals surface area contributed by atoms with Crippen LogP contribution in [0.2, 0.25) is 0 Å². The SMILES string of the molecule is CCc1ccc(C(Cc2ccccn2)N2CCCC2C(=O)O)s1. The number of aromatic nitrogens is 1. The van der Waals surface area contributed by atoms with E-state index in [2.05, 4.69) is 28.9 Å². The number of hydrogen-bond donors (Lipinski definition) is 1. The molecule has 2 unspecified atom stereocenters. The van der Waals surface area contributed by atoms with Crippen LogP contribution >= 0.6 is 11.3 Å². The van der Waals surface area contributed by atoms with E-state index in [1.54, 1.807) is 17.5 Å². The van der Waals surface area contributed by atoms with Gasteiger partial charge in [0, 0.05) is 28.1 Å². The third kappa shape index (κ3) is 3.62. The largest absolute Gasteiger partial charge is 0.480 e. The van der Waals surface area contributed by atoms with Gasteiger partial charge in [0.25, 0.3) is 0 Å². The molecular formula is C18H22N2O2S. The lowest BCUT2D eigenvalue weighted by Crippen LogP contribution is -2.39. The van der Waals surface area contributed by atoms with Gasteiger partial charge in [0.2, 0.25) is 0 Å². The van der Waals surface area contributed by atoms with Gasteiger partial charge in [-0.1, -0.05) is 13.0 Å². The maximum atomic E-state index is 11.6. The van der Waals surface area contributed by atoms with E-state index >= 15 is 0 Å². The summed E-state index contributed by atoms with van der Waals surface area (Å²) >= 11 is 1.80. The smallest absolute Gasteiger partial charge is 0.320 e. The maximum Gasteiger partial charge on any atom is 0.320 e. The Kier molecular flexibility index (Phi) is 5.08. The number of nitrogens with zero attached hydrogens (tertiary/aromatic N) is 2. The molecule has 0 aromatic carbocycles. The van der Waals surface area contributed by atoms with Crippen molar-refractivity contribution in [3.8, 4) is 0 Å². The minimum absolute atomic E-state index is 0.0961. The second-order valence-corrected chi connectivity index (χ2v) is 7.13. The molecule has 2 aromatic rings. The fraction of sp³-hybridized carbons (Fsp3) is 0.444. The molecule has 0 aliphatic carbocycles. The average molecular weight is 330 g/mol. The first-order chi connectivity index (χ1) is 11.2. The highest BCUT2D eigenvalue weighted by Gasteiger charge is 2.36. The summed E-state index contributed by atoms with van der Waals surface area (Å²) in [5.41, 5.74) is 1.01. The average Bonchev–Trinajstić information content (AvgIpc) is 3.23. The van der Waals surface area contributed by atoms with Crippen LogP contribution in [0.3, 0.4) is 0 Å². The predicted octanol–water partition coefficient (Wildman–Crippen LogP) is 3.54. The Balaban J connectivity index is 1.91. The molecule has 0 bridgehead atoms. The Hall–Kier alpha value is -1.72. The fourth-order valence-corrected chi connectivity index (χ4v) is 4.36. The molecule has 3 heterocycles. The summed E-state index contributed by atoms with van der Waals surface area (Å²) in [6.07, 6.45) is 5.26. The van der Waals surface area contributed by atoms with Crippen molar-refractivity contribution in [3.05, 3.63) is 52.0 Å². The number of aliphatic carboxylic acids is 1. The van der Waals surface area contributed by atoms with Gasteiger partial charge in [-0.15, -0.1) is 11.3 Å². The maximum absolute atomic E-state index is 11.6. The quantitative estimate of drug-likeness (QED) is 0.880. The Morgan fingerprint density at radius 1 is 1.43 bits per heavy atom. The normalized spacial score (nSPS) is 19.8. The highest BCUT2D eigenvalue weighted by atomic mass is 32.1. The second kappa shape index (κ2) is 7.23. The summed E-state index contributed by atoms with van der Waals surface area (Å²) in [7, 11) is 0. The Morgan fingerprint density at radius 2 is 2.30 bits per heavy atom. The summed E-state index contributed by atoms with van der Waals surface area (Å²) in [6.45, 7) is 2.99. The van der Waals surface area contributed by atoms with Crippen LogP contribution in [0.5, 0.6) is 0 Å². The van der Waals surface area contributed by atoms with Crippen molar-refractivity contribution in [1.29, 1.82) is 0 Å². The highest BCUT2D eigenvalue weighted by Crippen LogP contribution is 2.35. The van der Waals surface area contributed by atoms with Gasteiger partial charge in [0.1, 0.15) is 6.04 Å². The van der Waals surface area contributed by atoms with E-state index < -0.39 is 5.97 Å². The molecule has 1 aliphatic rings. The van der Waals surface area contributed by atoms with Gasteiger partial charge >= 0.3 is 5.97 Å². The number of aryl methyl sites for hydroxylation is 1. The summed E-state index contributed by atoms with van der Waals surface area (Å²) < 4.78 is 0. The number of carbonyl (C=O) groups is 1. The van der Waals surface area contributed by atoms with Crippen LogP contribution in [-0.4, -0.2) is 33.5 Å². The Morgan fingerprint density at radius 3 is 2.96 bits per heavy atom. The van der Waals surface area contributed by atoms with Crippen LogP contribution in [0.25, 0.3) is 0 Å². The zero-order valence-electron chi connectivity index (χ0n) is 13.3. The number of carboxylic acid groups (broad SMARTS) is 1. The van der Waals surface area contributed by atoms with Crippen LogP contribution < -0.4 is 0 Å². The van der Waals surface area contributed by atoms with Gasteiger partial charge in [-0.25, -0.2) is 0 Å². The minimum atomic E-state index is -0.708. The van der Waals surface area contributed by atoms with Crippen LogP contribution in [0.1, 0.15) is 41.3 Å². The fourth-order valence-electron chi connectivity index (χ4n) is 3.29. The number of likely N-dealkylation sites (tertiary alicyclic amines) is 1. The molecule has 2 aromatic heterocycles. The van der Waals surface area contributed by atoms with Gasteiger partial charge in [-0.05, 0) is 50.1 Å². The molecule has 1 aliphatic heterocycles. The van der Waals surface area contributed by atoms with E-state index in [4.69, 9.17) is 0 Å². The first-order valence-electron chi connectivity index (χ1n) is 8.16. The number of carboxylic acids is 1. The van der Waals surface area contributed by atoms with Gasteiger partial charge in [-0.3, -0.25) is 14.7 Å². The number of thiophene rings is 1.